The van der Waals surface area contributed by atoms with Gasteiger partial charge in [0, 0.05) is 24.8 Å². The Labute approximate surface area is 166 Å². The number of piperidine rings is 1. The van der Waals surface area contributed by atoms with E-state index in [2.05, 4.69) is 15.6 Å². The maximum atomic E-state index is 12.8. The molecule has 1 saturated heterocycles. The number of ether oxygens (including phenoxy) is 1. The Kier molecular flexibility index (Phi) is 4.31. The summed E-state index contributed by atoms with van der Waals surface area (Å²) in [7, 11) is 0. The lowest BCUT2D eigenvalue weighted by Gasteiger charge is -2.31. The number of hydrogen-bond donors (Lipinski definition) is 2. The first kappa shape index (κ1) is 17.5. The van der Waals surface area contributed by atoms with Crippen molar-refractivity contribution in [2.24, 2.45) is 0 Å². The normalized spacial score (nSPS) is 18.7. The monoisotopic (exact) mass is 392 g/mol. The molecule has 3 aromatic rings. The van der Waals surface area contributed by atoms with Gasteiger partial charge in [0.05, 0.1) is 11.6 Å². The molecule has 0 saturated carbocycles. The zero-order chi connectivity index (χ0) is 19.8. The third kappa shape index (κ3) is 3.49. The lowest BCUT2D eigenvalue weighted by Crippen LogP contribution is -2.41. The Morgan fingerprint density at radius 3 is 3.03 bits per heavy atom. The van der Waals surface area contributed by atoms with Crippen molar-refractivity contribution >= 4 is 34.4 Å². The Balaban J connectivity index is 1.28. The molecule has 1 unspecified atom stereocenters. The number of hydrogen-bond acceptors (Lipinski definition) is 5. The van der Waals surface area contributed by atoms with Crippen LogP contribution in [0.3, 0.4) is 0 Å². The molecule has 0 bridgehead atoms. The number of amides is 3. The van der Waals surface area contributed by atoms with Crippen LogP contribution in [0.4, 0.5) is 16.2 Å². The van der Waals surface area contributed by atoms with Gasteiger partial charge in [-0.2, -0.15) is 0 Å². The first-order valence-electron chi connectivity index (χ1n) is 9.64. The van der Waals surface area contributed by atoms with E-state index in [1.165, 1.54) is 0 Å². The highest BCUT2D eigenvalue weighted by atomic mass is 16.5. The minimum absolute atomic E-state index is 0.0251. The maximum Gasteiger partial charge on any atom is 0.321 e. The number of para-hydroxylation sites is 2. The van der Waals surface area contributed by atoms with E-state index in [0.29, 0.717) is 36.1 Å². The number of nitrogens with zero attached hydrogens (tertiary/aromatic N) is 2. The van der Waals surface area contributed by atoms with E-state index < -0.39 is 0 Å². The molecule has 3 heterocycles. The summed E-state index contributed by atoms with van der Waals surface area (Å²) in [6, 6.07) is 12.7. The average Bonchev–Trinajstić information content (AvgIpc) is 3.18. The van der Waals surface area contributed by atoms with Crippen LogP contribution in [-0.2, 0) is 4.79 Å². The second-order valence-electron chi connectivity index (χ2n) is 7.28. The fourth-order valence-electron chi connectivity index (χ4n) is 3.78. The van der Waals surface area contributed by atoms with Crippen LogP contribution in [0.2, 0.25) is 0 Å². The summed E-state index contributed by atoms with van der Waals surface area (Å²) < 4.78 is 11.3. The van der Waals surface area contributed by atoms with Crippen molar-refractivity contribution in [3.05, 3.63) is 48.4 Å². The second kappa shape index (κ2) is 7.12. The maximum absolute atomic E-state index is 12.8. The van der Waals surface area contributed by atoms with Gasteiger partial charge < -0.3 is 24.7 Å². The molecule has 1 fully saturated rings. The number of urea groups is 1. The number of likely N-dealkylation sites (tertiary alicyclic amines) is 1. The lowest BCUT2D eigenvalue weighted by molar-refractivity contribution is -0.118. The number of carbonyl (C=O) groups is 2. The van der Waals surface area contributed by atoms with E-state index in [-0.39, 0.29) is 24.5 Å². The van der Waals surface area contributed by atoms with E-state index >= 15 is 0 Å². The van der Waals surface area contributed by atoms with Crippen molar-refractivity contribution in [1.82, 2.24) is 9.88 Å². The molecule has 1 atom stereocenters. The van der Waals surface area contributed by atoms with E-state index in [4.69, 9.17) is 9.15 Å². The predicted molar refractivity (Wildman–Crippen MR) is 107 cm³/mol. The Morgan fingerprint density at radius 2 is 2.14 bits per heavy atom. The van der Waals surface area contributed by atoms with Gasteiger partial charge in [-0.3, -0.25) is 4.79 Å². The summed E-state index contributed by atoms with van der Waals surface area (Å²) in [5, 5.41) is 5.65. The highest BCUT2D eigenvalue weighted by Gasteiger charge is 2.28. The largest absolute Gasteiger partial charge is 0.482 e. The average molecular weight is 392 g/mol. The second-order valence-corrected chi connectivity index (χ2v) is 7.28. The number of oxazole rings is 1. The number of carbonyl (C=O) groups excluding carboxylic acids is 2. The molecule has 8 nitrogen and oxygen atoms in total. The van der Waals surface area contributed by atoms with Crippen molar-refractivity contribution < 1.29 is 18.7 Å². The summed E-state index contributed by atoms with van der Waals surface area (Å²) in [4.78, 5) is 30.5. The molecule has 2 aromatic carbocycles. The fraction of sp³-hybridized carbons (Fsp3) is 0.286. The molecule has 0 spiro atoms. The summed E-state index contributed by atoms with van der Waals surface area (Å²) >= 11 is 0. The summed E-state index contributed by atoms with van der Waals surface area (Å²) in [6.07, 6.45) is 1.82. The van der Waals surface area contributed by atoms with Gasteiger partial charge in [0.15, 0.2) is 18.1 Å². The lowest BCUT2D eigenvalue weighted by atomic mass is 9.98. The van der Waals surface area contributed by atoms with Crippen LogP contribution in [0.15, 0.2) is 46.9 Å². The van der Waals surface area contributed by atoms with Crippen molar-refractivity contribution in [3.8, 4) is 5.75 Å². The Hall–Kier alpha value is -3.55. The molecule has 3 amide bonds. The van der Waals surface area contributed by atoms with E-state index in [1.807, 2.05) is 24.3 Å². The molecule has 2 aliphatic heterocycles. The fourth-order valence-corrected chi connectivity index (χ4v) is 3.78. The molecule has 5 rings (SSSR count). The predicted octanol–water partition coefficient (Wildman–Crippen LogP) is 3.57. The third-order valence-electron chi connectivity index (χ3n) is 5.23. The molecule has 0 aliphatic carbocycles. The summed E-state index contributed by atoms with van der Waals surface area (Å²) in [5.41, 5.74) is 2.83. The number of nitrogens with one attached hydrogen (secondary N) is 2. The van der Waals surface area contributed by atoms with Crippen molar-refractivity contribution in [2.45, 2.75) is 18.8 Å². The molecule has 2 N–H and O–H groups in total. The van der Waals surface area contributed by atoms with Gasteiger partial charge in [-0.15, -0.1) is 0 Å². The molecule has 2 aliphatic rings. The van der Waals surface area contributed by atoms with Crippen LogP contribution in [0.1, 0.15) is 24.7 Å². The van der Waals surface area contributed by atoms with Gasteiger partial charge in [-0.1, -0.05) is 12.1 Å². The Morgan fingerprint density at radius 1 is 1.24 bits per heavy atom. The summed E-state index contributed by atoms with van der Waals surface area (Å²) in [5.74, 6) is 1.11. The van der Waals surface area contributed by atoms with Crippen LogP contribution in [0, 0.1) is 0 Å². The summed E-state index contributed by atoms with van der Waals surface area (Å²) in [6.45, 7) is 1.21. The molecule has 148 valence electrons. The third-order valence-corrected chi connectivity index (χ3v) is 5.23. The topological polar surface area (TPSA) is 96.7 Å². The number of rotatable bonds is 2. The van der Waals surface area contributed by atoms with E-state index in [0.717, 1.165) is 23.9 Å². The molecule has 8 heteroatoms. The van der Waals surface area contributed by atoms with Gasteiger partial charge in [-0.25, -0.2) is 9.78 Å². The smallest absolute Gasteiger partial charge is 0.321 e. The first-order chi connectivity index (χ1) is 14.2. The number of anilines is 2. The van der Waals surface area contributed by atoms with E-state index in [1.54, 1.807) is 23.1 Å². The van der Waals surface area contributed by atoms with Crippen LogP contribution in [0.5, 0.6) is 5.75 Å². The van der Waals surface area contributed by atoms with Crippen LogP contribution >= 0.6 is 0 Å². The van der Waals surface area contributed by atoms with Gasteiger partial charge in [0.1, 0.15) is 11.3 Å². The van der Waals surface area contributed by atoms with Crippen molar-refractivity contribution in [2.75, 3.05) is 30.3 Å². The first-order valence-corrected chi connectivity index (χ1v) is 9.64. The molecular formula is C21H20N4O4. The number of benzene rings is 2. The molecule has 0 radical (unpaired) electrons. The zero-order valence-corrected chi connectivity index (χ0v) is 15.7. The van der Waals surface area contributed by atoms with Crippen molar-refractivity contribution in [1.29, 1.82) is 0 Å². The quantitative estimate of drug-likeness (QED) is 0.695. The van der Waals surface area contributed by atoms with Gasteiger partial charge >= 0.3 is 6.03 Å². The van der Waals surface area contributed by atoms with Crippen LogP contribution < -0.4 is 15.4 Å². The number of aromatic nitrogens is 1. The highest BCUT2D eigenvalue weighted by Crippen LogP contribution is 2.32. The molecule has 1 aromatic heterocycles. The van der Waals surface area contributed by atoms with Gasteiger partial charge in [0.2, 0.25) is 0 Å². The minimum atomic E-state index is -0.187. The number of fused-ring (bicyclic) bond motifs is 2. The zero-order valence-electron chi connectivity index (χ0n) is 15.7. The molecule has 29 heavy (non-hydrogen) atoms. The van der Waals surface area contributed by atoms with E-state index in [9.17, 15) is 9.59 Å². The standard InChI is InChI=1S/C21H20N4O4/c26-19-12-28-18-10-14(7-8-16(18)23-19)22-21(27)25-9-3-4-13(11-25)20-24-15-5-1-2-6-17(15)29-20/h1-2,5-8,10,13H,3-4,9,11-12H2,(H,22,27)(H,23,26). The highest BCUT2D eigenvalue weighted by molar-refractivity contribution is 5.96. The van der Waals surface area contributed by atoms with Crippen LogP contribution in [0.25, 0.3) is 11.1 Å². The SMILES string of the molecule is O=C1COc2cc(NC(=O)N3CCCC(c4nc5ccccc5o4)C3)ccc2N1. The van der Waals surface area contributed by atoms with Gasteiger partial charge in [-0.05, 0) is 37.1 Å². The van der Waals surface area contributed by atoms with Crippen LogP contribution in [-0.4, -0.2) is 41.5 Å². The minimum Gasteiger partial charge on any atom is -0.482 e. The van der Waals surface area contributed by atoms with Crippen molar-refractivity contribution in [3.63, 3.8) is 0 Å². The van der Waals surface area contributed by atoms with Gasteiger partial charge in [0.25, 0.3) is 5.91 Å². The molecular weight excluding hydrogens is 372 g/mol. The Bertz CT molecular complexity index is 1060.